The average Bonchev–Trinajstić information content (AvgIpc) is 2.92. The van der Waals surface area contributed by atoms with Crippen LogP contribution in [0.1, 0.15) is 23.1 Å². The van der Waals surface area contributed by atoms with Crippen molar-refractivity contribution in [3.63, 3.8) is 0 Å². The molecule has 0 aromatic heterocycles. The second-order valence-corrected chi connectivity index (χ2v) is 9.26. The Morgan fingerprint density at radius 1 is 1.03 bits per heavy atom. The highest BCUT2D eigenvalue weighted by Gasteiger charge is 2.20. The SMILES string of the molecule is CN1CCN(CC(=O)N(C)CC/C=C2/c3ccccc3CSc3ccccc32)CC1. The van der Waals surface area contributed by atoms with Gasteiger partial charge >= 0.3 is 0 Å². The summed E-state index contributed by atoms with van der Waals surface area (Å²) in [6, 6.07) is 17.4. The van der Waals surface area contributed by atoms with Gasteiger partial charge in [-0.3, -0.25) is 9.69 Å². The number of nitrogens with zero attached hydrogens (tertiary/aromatic N) is 3. The maximum Gasteiger partial charge on any atom is 0.236 e. The van der Waals surface area contributed by atoms with E-state index in [9.17, 15) is 4.79 Å². The molecule has 4 nitrogen and oxygen atoms in total. The molecule has 0 saturated carbocycles. The van der Waals surface area contributed by atoms with E-state index < -0.39 is 0 Å². The number of fused-ring (bicyclic) bond motifs is 2. The van der Waals surface area contributed by atoms with Gasteiger partial charge in [0, 0.05) is 50.4 Å². The van der Waals surface area contributed by atoms with Crippen molar-refractivity contribution < 1.29 is 4.79 Å². The third-order valence-corrected chi connectivity index (χ3v) is 7.18. The maximum absolute atomic E-state index is 12.7. The number of carbonyl (C=O) groups is 1. The van der Waals surface area contributed by atoms with E-state index in [4.69, 9.17) is 0 Å². The largest absolute Gasteiger partial charge is 0.344 e. The lowest BCUT2D eigenvalue weighted by Gasteiger charge is -2.32. The Hall–Kier alpha value is -2.08. The Kier molecular flexibility index (Phi) is 6.93. The van der Waals surface area contributed by atoms with Crippen molar-refractivity contribution in [1.82, 2.24) is 14.7 Å². The molecule has 1 amide bonds. The predicted octanol–water partition coefficient (Wildman–Crippen LogP) is 3.82. The first kappa shape index (κ1) is 21.2. The number of rotatable bonds is 5. The zero-order valence-corrected chi connectivity index (χ0v) is 18.8. The van der Waals surface area contributed by atoms with Crippen molar-refractivity contribution in [2.24, 2.45) is 0 Å². The van der Waals surface area contributed by atoms with Gasteiger partial charge in [-0.2, -0.15) is 0 Å². The first-order valence-electron chi connectivity index (χ1n) is 10.8. The standard InChI is InChI=1S/C25H31N3OS/c1-26-14-16-28(17-15-26)18-25(29)27(2)13-7-11-22-21-9-4-3-8-20(21)19-30-24-12-6-5-10-23(22)24/h3-6,8-12H,7,13-19H2,1-2H3/b22-11-. The van der Waals surface area contributed by atoms with Crippen LogP contribution in [0.5, 0.6) is 0 Å². The minimum Gasteiger partial charge on any atom is -0.344 e. The van der Waals surface area contributed by atoms with Gasteiger partial charge in [0.15, 0.2) is 0 Å². The van der Waals surface area contributed by atoms with E-state index in [1.54, 1.807) is 0 Å². The predicted molar refractivity (Wildman–Crippen MR) is 126 cm³/mol. The number of carbonyl (C=O) groups excluding carboxylic acids is 1. The molecule has 0 spiro atoms. The molecule has 1 fully saturated rings. The molecule has 0 bridgehead atoms. The monoisotopic (exact) mass is 421 g/mol. The molecule has 2 heterocycles. The topological polar surface area (TPSA) is 26.8 Å². The van der Waals surface area contributed by atoms with Crippen molar-refractivity contribution in [2.75, 3.05) is 53.4 Å². The lowest BCUT2D eigenvalue weighted by Crippen LogP contribution is -2.48. The summed E-state index contributed by atoms with van der Waals surface area (Å²) >= 11 is 1.91. The van der Waals surface area contributed by atoms with Gasteiger partial charge < -0.3 is 9.80 Å². The summed E-state index contributed by atoms with van der Waals surface area (Å²) < 4.78 is 0. The first-order valence-corrected chi connectivity index (χ1v) is 11.8. The van der Waals surface area contributed by atoms with Gasteiger partial charge in [0.25, 0.3) is 0 Å². The van der Waals surface area contributed by atoms with Crippen LogP contribution in [0.2, 0.25) is 0 Å². The van der Waals surface area contributed by atoms with Gasteiger partial charge in [0.1, 0.15) is 0 Å². The number of hydrogen-bond donors (Lipinski definition) is 0. The van der Waals surface area contributed by atoms with Gasteiger partial charge in [-0.25, -0.2) is 0 Å². The molecule has 30 heavy (non-hydrogen) atoms. The Morgan fingerprint density at radius 3 is 2.53 bits per heavy atom. The molecule has 5 heteroatoms. The lowest BCUT2D eigenvalue weighted by atomic mass is 9.93. The van der Waals surface area contributed by atoms with Crippen molar-refractivity contribution in [3.8, 4) is 0 Å². The van der Waals surface area contributed by atoms with Gasteiger partial charge in [-0.15, -0.1) is 11.8 Å². The van der Waals surface area contributed by atoms with Crippen LogP contribution in [0.3, 0.4) is 0 Å². The molecule has 0 N–H and O–H groups in total. The van der Waals surface area contributed by atoms with Crippen molar-refractivity contribution in [2.45, 2.75) is 17.1 Å². The highest BCUT2D eigenvalue weighted by atomic mass is 32.2. The number of thioether (sulfide) groups is 1. The van der Waals surface area contributed by atoms with E-state index in [1.807, 2.05) is 23.7 Å². The third-order valence-electron chi connectivity index (χ3n) is 6.06. The summed E-state index contributed by atoms with van der Waals surface area (Å²) in [5, 5.41) is 0. The molecule has 2 aromatic rings. The summed E-state index contributed by atoms with van der Waals surface area (Å²) in [6.45, 7) is 5.31. The highest BCUT2D eigenvalue weighted by molar-refractivity contribution is 7.98. The van der Waals surface area contributed by atoms with Gasteiger partial charge in [0.05, 0.1) is 6.54 Å². The molecule has 0 radical (unpaired) electrons. The third kappa shape index (κ3) is 4.97. The van der Waals surface area contributed by atoms with Gasteiger partial charge in [-0.1, -0.05) is 48.5 Å². The maximum atomic E-state index is 12.7. The normalized spacial score (nSPS) is 18.5. The van der Waals surface area contributed by atoms with Gasteiger partial charge in [0.2, 0.25) is 5.91 Å². The Bertz CT molecular complexity index is 869. The first-order chi connectivity index (χ1) is 14.6. The fourth-order valence-corrected chi connectivity index (χ4v) is 5.16. The van der Waals surface area contributed by atoms with Crippen LogP contribution >= 0.6 is 11.8 Å². The fraction of sp³-hybridized carbons (Fsp3) is 0.400. The minimum absolute atomic E-state index is 0.218. The van der Waals surface area contributed by atoms with E-state index >= 15 is 0 Å². The van der Waals surface area contributed by atoms with Crippen LogP contribution in [-0.2, 0) is 10.5 Å². The van der Waals surface area contributed by atoms with Crippen molar-refractivity contribution >= 4 is 23.2 Å². The van der Waals surface area contributed by atoms with E-state index in [2.05, 4.69) is 71.5 Å². The van der Waals surface area contributed by atoms with Crippen LogP contribution in [0, 0.1) is 0 Å². The Morgan fingerprint density at radius 2 is 1.73 bits per heavy atom. The zero-order valence-electron chi connectivity index (χ0n) is 18.0. The molecule has 2 aliphatic rings. The van der Waals surface area contributed by atoms with E-state index in [1.165, 1.54) is 27.2 Å². The summed E-state index contributed by atoms with van der Waals surface area (Å²) in [5.41, 5.74) is 5.30. The molecular formula is C25H31N3OS. The second kappa shape index (κ2) is 9.82. The highest BCUT2D eigenvalue weighted by Crippen LogP contribution is 2.40. The van der Waals surface area contributed by atoms with Crippen LogP contribution in [-0.4, -0.2) is 74.0 Å². The quantitative estimate of drug-likeness (QED) is 0.733. The zero-order chi connectivity index (χ0) is 20.9. The second-order valence-electron chi connectivity index (χ2n) is 8.24. The fourth-order valence-electron chi connectivity index (χ4n) is 4.09. The van der Waals surface area contributed by atoms with Gasteiger partial charge in [-0.05, 0) is 41.8 Å². The average molecular weight is 422 g/mol. The van der Waals surface area contributed by atoms with E-state index in [0.717, 1.165) is 44.9 Å². The van der Waals surface area contributed by atoms with E-state index in [0.29, 0.717) is 6.54 Å². The molecule has 2 aliphatic heterocycles. The summed E-state index contributed by atoms with van der Waals surface area (Å²) in [7, 11) is 4.07. The number of amides is 1. The van der Waals surface area contributed by atoms with E-state index in [-0.39, 0.29) is 5.91 Å². The number of piperazine rings is 1. The minimum atomic E-state index is 0.218. The summed E-state index contributed by atoms with van der Waals surface area (Å²) in [4.78, 5) is 20.5. The Balaban J connectivity index is 1.44. The smallest absolute Gasteiger partial charge is 0.236 e. The molecule has 0 aliphatic carbocycles. The van der Waals surface area contributed by atoms with Crippen molar-refractivity contribution in [1.29, 1.82) is 0 Å². The lowest BCUT2D eigenvalue weighted by molar-refractivity contribution is -0.131. The summed E-state index contributed by atoms with van der Waals surface area (Å²) in [6.07, 6.45) is 3.18. The number of likely N-dealkylation sites (N-methyl/N-ethyl adjacent to an activating group) is 2. The number of benzene rings is 2. The number of hydrogen-bond acceptors (Lipinski definition) is 4. The summed E-state index contributed by atoms with van der Waals surface area (Å²) in [5.74, 6) is 1.21. The Labute approximate surface area is 184 Å². The molecule has 0 unspecified atom stereocenters. The van der Waals surface area contributed by atoms with Crippen molar-refractivity contribution in [3.05, 3.63) is 71.3 Å². The van der Waals surface area contributed by atoms with Crippen LogP contribution in [0.15, 0.2) is 59.5 Å². The molecule has 4 rings (SSSR count). The molecule has 2 aromatic carbocycles. The van der Waals surface area contributed by atoms with Crippen LogP contribution in [0.25, 0.3) is 5.57 Å². The van der Waals surface area contributed by atoms with Crippen LogP contribution in [0.4, 0.5) is 0 Å². The molecule has 1 saturated heterocycles. The van der Waals surface area contributed by atoms with Crippen LogP contribution < -0.4 is 0 Å². The molecule has 158 valence electrons. The molecular weight excluding hydrogens is 390 g/mol. The molecule has 0 atom stereocenters.